The zero-order valence-electron chi connectivity index (χ0n) is 10.3. The van der Waals surface area contributed by atoms with Crippen LogP contribution < -0.4 is 5.32 Å². The summed E-state index contributed by atoms with van der Waals surface area (Å²) >= 11 is 0. The molecule has 0 atom stereocenters. The van der Waals surface area contributed by atoms with Crippen molar-refractivity contribution in [2.24, 2.45) is 0 Å². The number of rotatable bonds is 3. The van der Waals surface area contributed by atoms with Gasteiger partial charge in [0.15, 0.2) is 0 Å². The summed E-state index contributed by atoms with van der Waals surface area (Å²) in [6.45, 7) is 13.4. The normalized spacial score (nSPS) is 28.4. The third-order valence-corrected chi connectivity index (χ3v) is 3.86. The van der Waals surface area contributed by atoms with Crippen molar-refractivity contribution in [3.63, 3.8) is 0 Å². The van der Waals surface area contributed by atoms with Crippen LogP contribution in [0.25, 0.3) is 0 Å². The largest absolute Gasteiger partial charge is 0.314 e. The highest BCUT2D eigenvalue weighted by Gasteiger charge is 2.29. The number of piperazine rings is 1. The second kappa shape index (κ2) is 4.81. The molecule has 0 aromatic heterocycles. The molecule has 2 rings (SSSR count). The van der Waals surface area contributed by atoms with E-state index in [1.807, 2.05) is 0 Å². The molecule has 0 aromatic rings. The van der Waals surface area contributed by atoms with Crippen LogP contribution in [-0.4, -0.2) is 61.2 Å². The van der Waals surface area contributed by atoms with Crippen molar-refractivity contribution in [1.82, 2.24) is 15.1 Å². The van der Waals surface area contributed by atoms with Gasteiger partial charge in [0.25, 0.3) is 0 Å². The van der Waals surface area contributed by atoms with Crippen molar-refractivity contribution < 1.29 is 0 Å². The molecule has 0 aromatic carbocycles. The van der Waals surface area contributed by atoms with Crippen LogP contribution in [0.1, 0.15) is 26.7 Å². The molecule has 2 aliphatic heterocycles. The van der Waals surface area contributed by atoms with Gasteiger partial charge in [-0.1, -0.05) is 0 Å². The van der Waals surface area contributed by atoms with Gasteiger partial charge < -0.3 is 10.2 Å². The van der Waals surface area contributed by atoms with Gasteiger partial charge in [-0.3, -0.25) is 4.90 Å². The molecule has 2 heterocycles. The third kappa shape index (κ3) is 2.92. The summed E-state index contributed by atoms with van der Waals surface area (Å²) in [5.41, 5.74) is 0.345. The molecule has 0 bridgehead atoms. The average Bonchev–Trinajstić information content (AvgIpc) is 2.68. The first kappa shape index (κ1) is 11.4. The fourth-order valence-electron chi connectivity index (χ4n) is 2.71. The summed E-state index contributed by atoms with van der Waals surface area (Å²) in [4.78, 5) is 5.25. The minimum atomic E-state index is 0.345. The predicted molar refractivity (Wildman–Crippen MR) is 64.2 cm³/mol. The maximum absolute atomic E-state index is 3.48. The Balaban J connectivity index is 1.76. The van der Waals surface area contributed by atoms with E-state index < -0.39 is 0 Å². The van der Waals surface area contributed by atoms with Gasteiger partial charge in [0.1, 0.15) is 0 Å². The van der Waals surface area contributed by atoms with Crippen LogP contribution in [0.2, 0.25) is 0 Å². The van der Waals surface area contributed by atoms with Crippen molar-refractivity contribution in [2.75, 3.05) is 45.8 Å². The van der Waals surface area contributed by atoms with Crippen molar-refractivity contribution in [1.29, 1.82) is 0 Å². The maximum atomic E-state index is 3.48. The molecule has 3 heteroatoms. The smallest absolute Gasteiger partial charge is 0.0278 e. The standard InChI is InChI=1S/C12H25N3/c1-12(2)11-13-5-8-15(12)10-9-14-6-3-4-7-14/h13H,3-11H2,1-2H3. The second-order valence-electron chi connectivity index (χ2n) is 5.53. The van der Waals surface area contributed by atoms with Gasteiger partial charge >= 0.3 is 0 Å². The van der Waals surface area contributed by atoms with Gasteiger partial charge in [-0.05, 0) is 39.8 Å². The fourth-order valence-corrected chi connectivity index (χ4v) is 2.71. The first-order valence-electron chi connectivity index (χ1n) is 6.37. The van der Waals surface area contributed by atoms with Gasteiger partial charge in [0.2, 0.25) is 0 Å². The molecular weight excluding hydrogens is 186 g/mol. The topological polar surface area (TPSA) is 18.5 Å². The Labute approximate surface area is 93.8 Å². The van der Waals surface area contributed by atoms with Crippen LogP contribution in [0, 0.1) is 0 Å². The van der Waals surface area contributed by atoms with Gasteiger partial charge in [-0.15, -0.1) is 0 Å². The van der Waals surface area contributed by atoms with Crippen molar-refractivity contribution in [2.45, 2.75) is 32.2 Å². The molecular formula is C12H25N3. The molecule has 0 radical (unpaired) electrons. The molecule has 88 valence electrons. The lowest BCUT2D eigenvalue weighted by Gasteiger charge is -2.43. The summed E-state index contributed by atoms with van der Waals surface area (Å²) in [6, 6.07) is 0. The molecule has 15 heavy (non-hydrogen) atoms. The van der Waals surface area contributed by atoms with E-state index in [0.29, 0.717) is 5.54 Å². The minimum Gasteiger partial charge on any atom is -0.314 e. The summed E-state index contributed by atoms with van der Waals surface area (Å²) < 4.78 is 0. The fraction of sp³-hybridized carbons (Fsp3) is 1.00. The van der Waals surface area contributed by atoms with Crippen molar-refractivity contribution >= 4 is 0 Å². The van der Waals surface area contributed by atoms with Crippen LogP contribution in [0.15, 0.2) is 0 Å². The minimum absolute atomic E-state index is 0.345. The average molecular weight is 211 g/mol. The van der Waals surface area contributed by atoms with E-state index in [2.05, 4.69) is 29.0 Å². The zero-order valence-corrected chi connectivity index (χ0v) is 10.3. The number of nitrogens with one attached hydrogen (secondary N) is 1. The number of nitrogens with zero attached hydrogens (tertiary/aromatic N) is 2. The Kier molecular flexibility index (Phi) is 3.65. The SMILES string of the molecule is CC1(C)CNCCN1CCN1CCCC1. The Morgan fingerprint density at radius 1 is 1.07 bits per heavy atom. The van der Waals surface area contributed by atoms with Crippen LogP contribution in [0.5, 0.6) is 0 Å². The first-order chi connectivity index (χ1) is 7.18. The second-order valence-corrected chi connectivity index (χ2v) is 5.53. The Hall–Kier alpha value is -0.120. The van der Waals surface area contributed by atoms with E-state index in [9.17, 15) is 0 Å². The summed E-state index contributed by atoms with van der Waals surface area (Å²) in [5, 5.41) is 3.48. The van der Waals surface area contributed by atoms with Gasteiger partial charge in [-0.2, -0.15) is 0 Å². The van der Waals surface area contributed by atoms with Gasteiger partial charge in [-0.25, -0.2) is 0 Å². The molecule has 0 unspecified atom stereocenters. The van der Waals surface area contributed by atoms with Crippen molar-refractivity contribution in [3.05, 3.63) is 0 Å². The van der Waals surface area contributed by atoms with E-state index in [4.69, 9.17) is 0 Å². The number of hydrogen-bond acceptors (Lipinski definition) is 3. The quantitative estimate of drug-likeness (QED) is 0.744. The van der Waals surface area contributed by atoms with E-state index in [1.54, 1.807) is 0 Å². The van der Waals surface area contributed by atoms with E-state index in [0.717, 1.165) is 13.1 Å². The summed E-state index contributed by atoms with van der Waals surface area (Å²) in [7, 11) is 0. The highest BCUT2D eigenvalue weighted by atomic mass is 15.3. The van der Waals surface area contributed by atoms with E-state index in [1.165, 1.54) is 45.6 Å². The monoisotopic (exact) mass is 211 g/mol. The predicted octanol–water partition coefficient (Wildman–Crippen LogP) is 0.766. The number of hydrogen-bond donors (Lipinski definition) is 1. The maximum Gasteiger partial charge on any atom is 0.0278 e. The molecule has 0 spiro atoms. The summed E-state index contributed by atoms with van der Waals surface area (Å²) in [5.74, 6) is 0. The Morgan fingerprint density at radius 2 is 1.80 bits per heavy atom. The first-order valence-corrected chi connectivity index (χ1v) is 6.37. The molecule has 0 saturated carbocycles. The lowest BCUT2D eigenvalue weighted by atomic mass is 10.0. The van der Waals surface area contributed by atoms with Crippen LogP contribution in [0.3, 0.4) is 0 Å². The van der Waals surface area contributed by atoms with E-state index >= 15 is 0 Å². The Bertz CT molecular complexity index is 197. The molecule has 2 aliphatic rings. The zero-order chi connectivity index (χ0) is 10.7. The third-order valence-electron chi connectivity index (χ3n) is 3.86. The Morgan fingerprint density at radius 3 is 2.47 bits per heavy atom. The molecule has 1 N–H and O–H groups in total. The molecule has 3 nitrogen and oxygen atoms in total. The lowest BCUT2D eigenvalue weighted by molar-refractivity contribution is 0.0801. The number of likely N-dealkylation sites (tertiary alicyclic amines) is 1. The highest BCUT2D eigenvalue weighted by Crippen LogP contribution is 2.16. The van der Waals surface area contributed by atoms with Gasteiger partial charge in [0, 0.05) is 38.3 Å². The van der Waals surface area contributed by atoms with Gasteiger partial charge in [0.05, 0.1) is 0 Å². The highest BCUT2D eigenvalue weighted by molar-refractivity contribution is 4.88. The molecule has 2 saturated heterocycles. The molecule has 0 amide bonds. The van der Waals surface area contributed by atoms with Crippen LogP contribution in [0.4, 0.5) is 0 Å². The lowest BCUT2D eigenvalue weighted by Crippen LogP contribution is -2.59. The summed E-state index contributed by atoms with van der Waals surface area (Å²) in [6.07, 6.45) is 2.82. The van der Waals surface area contributed by atoms with E-state index in [-0.39, 0.29) is 0 Å². The molecule has 0 aliphatic carbocycles. The van der Waals surface area contributed by atoms with Crippen molar-refractivity contribution in [3.8, 4) is 0 Å². The molecule has 2 fully saturated rings. The van der Waals surface area contributed by atoms with Crippen LogP contribution >= 0.6 is 0 Å². The van der Waals surface area contributed by atoms with Crippen LogP contribution in [-0.2, 0) is 0 Å².